The summed E-state index contributed by atoms with van der Waals surface area (Å²) >= 11 is 1.75. The zero-order chi connectivity index (χ0) is 13.3. The molecule has 100 valence electrons. The van der Waals surface area contributed by atoms with E-state index < -0.39 is 0 Å². The molecular formula is C11H15AuClN2O2-. The molecule has 0 aliphatic carbocycles. The fourth-order valence-electron chi connectivity index (χ4n) is 1.11. The van der Waals surface area contributed by atoms with Crippen LogP contribution in [0.15, 0.2) is 24.4 Å². The van der Waals surface area contributed by atoms with Gasteiger partial charge in [-0.25, -0.2) is 0 Å². The van der Waals surface area contributed by atoms with Crippen molar-refractivity contribution in [3.63, 3.8) is 0 Å². The van der Waals surface area contributed by atoms with Gasteiger partial charge in [-0.3, -0.25) is 4.98 Å². The Morgan fingerprint density at radius 2 is 2.18 bits per heavy atom. The maximum atomic E-state index is 11.6. The van der Waals surface area contributed by atoms with Gasteiger partial charge >= 0.3 is 29.2 Å². The summed E-state index contributed by atoms with van der Waals surface area (Å²) in [5.41, 5.74) is 0.316. The molecule has 1 rings (SSSR count). The Kier molecular flexibility index (Phi) is 9.40. The summed E-state index contributed by atoms with van der Waals surface area (Å²) in [7, 11) is 4.58. The van der Waals surface area contributed by atoms with Crippen LogP contribution in [0.3, 0.4) is 0 Å². The van der Waals surface area contributed by atoms with Crippen molar-refractivity contribution in [2.45, 2.75) is 19.9 Å². The first-order valence-electron chi connectivity index (χ1n) is 5.03. The van der Waals surface area contributed by atoms with Crippen LogP contribution in [-0.2, 0) is 20.0 Å². The first-order chi connectivity index (χ1) is 8.15. The van der Waals surface area contributed by atoms with Gasteiger partial charge in [-0.05, 0) is 12.1 Å². The van der Waals surface area contributed by atoms with E-state index in [-0.39, 0.29) is 24.5 Å². The van der Waals surface area contributed by atoms with Crippen LogP contribution in [-0.4, -0.2) is 28.6 Å². The average molecular weight is 440 g/mol. The molecule has 1 unspecified atom stereocenters. The van der Waals surface area contributed by atoms with Gasteiger partial charge in [0, 0.05) is 12.8 Å². The van der Waals surface area contributed by atoms with E-state index in [1.807, 2.05) is 13.8 Å². The van der Waals surface area contributed by atoms with Crippen molar-refractivity contribution < 1.29 is 29.9 Å². The van der Waals surface area contributed by atoms with Gasteiger partial charge in [0.1, 0.15) is 5.91 Å². The molecule has 6 heteroatoms. The summed E-state index contributed by atoms with van der Waals surface area (Å²) in [6.45, 7) is 3.71. The van der Waals surface area contributed by atoms with Gasteiger partial charge in [-0.2, -0.15) is 0 Å². The molecule has 1 N–H and O–H groups in total. The third kappa shape index (κ3) is 6.19. The van der Waals surface area contributed by atoms with Gasteiger partial charge in [0.05, 0.1) is 5.69 Å². The summed E-state index contributed by atoms with van der Waals surface area (Å²) in [5, 5.41) is 12.9. The van der Waals surface area contributed by atoms with Crippen LogP contribution in [0.25, 0.3) is 5.32 Å². The molecule has 0 spiro atoms. The third-order valence-electron chi connectivity index (χ3n) is 2.12. The Bertz CT molecular complexity index is 323. The Hall–Kier alpha value is -0.390. The molecule has 0 aromatic carbocycles. The molecule has 0 radical (unpaired) electrons. The normalized spacial score (nSPS) is 11.5. The van der Waals surface area contributed by atoms with Crippen LogP contribution in [0.2, 0.25) is 0 Å². The molecule has 17 heavy (non-hydrogen) atoms. The van der Waals surface area contributed by atoms with E-state index in [4.69, 9.17) is 5.11 Å². The Morgan fingerprint density at radius 3 is 2.59 bits per heavy atom. The monoisotopic (exact) mass is 439 g/mol. The quantitative estimate of drug-likeness (QED) is 0.732. The van der Waals surface area contributed by atoms with Gasteiger partial charge < -0.3 is 15.2 Å². The number of aliphatic hydroxyl groups is 1. The Labute approximate surface area is 118 Å². The van der Waals surface area contributed by atoms with Crippen molar-refractivity contribution in [1.29, 1.82) is 0 Å². The fourth-order valence-corrected chi connectivity index (χ4v) is 1.11. The zero-order valence-electron chi connectivity index (χ0n) is 9.60. The molecule has 1 heterocycles. The molecular weight excluding hydrogens is 425 g/mol. The number of rotatable bonds is 4. The Balaban J connectivity index is 0.00000121. The number of pyridine rings is 1. The fraction of sp³-hybridized carbons (Fsp3) is 0.455. The molecule has 0 fully saturated rings. The second-order valence-corrected chi connectivity index (χ2v) is 3.64. The van der Waals surface area contributed by atoms with Crippen molar-refractivity contribution in [1.82, 2.24) is 4.98 Å². The third-order valence-corrected chi connectivity index (χ3v) is 2.12. The maximum absolute atomic E-state index is 11.6. The van der Waals surface area contributed by atoms with E-state index in [0.717, 1.165) is 0 Å². The summed E-state index contributed by atoms with van der Waals surface area (Å²) in [6, 6.07) is 4.74. The number of nitrogens with zero attached hydrogens (tertiary/aromatic N) is 2. The first-order valence-corrected chi connectivity index (χ1v) is 7.72. The van der Waals surface area contributed by atoms with E-state index in [2.05, 4.69) is 19.5 Å². The van der Waals surface area contributed by atoms with Crippen molar-refractivity contribution in [3.05, 3.63) is 35.4 Å². The van der Waals surface area contributed by atoms with Crippen LogP contribution < -0.4 is 0 Å². The SMILES string of the molecule is CC(C)C(CO)[N-]C(=O)c1ccccn1.[Cl][Au]. The van der Waals surface area contributed by atoms with Crippen LogP contribution in [0, 0.1) is 5.92 Å². The van der Waals surface area contributed by atoms with E-state index in [0.29, 0.717) is 5.69 Å². The van der Waals surface area contributed by atoms with E-state index in [9.17, 15) is 4.79 Å². The molecule has 4 nitrogen and oxygen atoms in total. The van der Waals surface area contributed by atoms with Crippen LogP contribution >= 0.6 is 9.19 Å². The van der Waals surface area contributed by atoms with E-state index in [1.54, 1.807) is 44.4 Å². The summed E-state index contributed by atoms with van der Waals surface area (Å²) in [4.78, 5) is 15.5. The number of carbonyl (C=O) groups excluding carboxylic acids is 1. The first kappa shape index (κ1) is 16.6. The number of carbonyl (C=O) groups is 1. The second-order valence-electron chi connectivity index (χ2n) is 3.64. The molecule has 1 aromatic heterocycles. The van der Waals surface area contributed by atoms with Crippen LogP contribution in [0.4, 0.5) is 0 Å². The number of amides is 1. The van der Waals surface area contributed by atoms with E-state index in [1.165, 1.54) is 0 Å². The number of aliphatic hydroxyl groups excluding tert-OH is 1. The van der Waals surface area contributed by atoms with Crippen molar-refractivity contribution in [3.8, 4) is 0 Å². The molecule has 0 saturated heterocycles. The number of aromatic nitrogens is 1. The van der Waals surface area contributed by atoms with Crippen molar-refractivity contribution in [2.75, 3.05) is 6.61 Å². The van der Waals surface area contributed by atoms with Crippen molar-refractivity contribution in [2.24, 2.45) is 5.92 Å². The molecule has 0 aliphatic rings. The van der Waals surface area contributed by atoms with Gasteiger partial charge in [0.2, 0.25) is 0 Å². The number of halogens is 1. The topological polar surface area (TPSA) is 64.3 Å². The van der Waals surface area contributed by atoms with Gasteiger partial charge in [0.25, 0.3) is 0 Å². The molecule has 1 aromatic rings. The number of hydrogen-bond acceptors (Lipinski definition) is 3. The predicted molar refractivity (Wildman–Crippen MR) is 63.5 cm³/mol. The molecule has 0 aliphatic heterocycles. The predicted octanol–water partition coefficient (Wildman–Crippen LogP) is 2.30. The van der Waals surface area contributed by atoms with Gasteiger partial charge in [0.15, 0.2) is 0 Å². The van der Waals surface area contributed by atoms with Gasteiger partial charge in [-0.1, -0.05) is 31.9 Å². The van der Waals surface area contributed by atoms with Crippen molar-refractivity contribution >= 4 is 15.1 Å². The molecule has 1 atom stereocenters. The Morgan fingerprint density at radius 1 is 1.53 bits per heavy atom. The summed E-state index contributed by atoms with van der Waals surface area (Å²) in [5.74, 6) is -0.231. The van der Waals surface area contributed by atoms with Crippen LogP contribution in [0.5, 0.6) is 0 Å². The average Bonchev–Trinajstić information content (AvgIpc) is 2.38. The van der Waals surface area contributed by atoms with Gasteiger partial charge in [-0.15, -0.1) is 0 Å². The minimum absolute atomic E-state index is 0.115. The molecule has 0 saturated carbocycles. The molecule has 1 amide bonds. The zero-order valence-corrected chi connectivity index (χ0v) is 12.5. The summed E-state index contributed by atoms with van der Waals surface area (Å²) in [6.07, 6.45) is 1.55. The summed E-state index contributed by atoms with van der Waals surface area (Å²) < 4.78 is 0. The number of hydrogen-bond donors (Lipinski definition) is 1. The minimum atomic E-state index is -0.372. The van der Waals surface area contributed by atoms with E-state index >= 15 is 0 Å². The molecule has 0 bridgehead atoms. The standard InChI is InChI=1S/C11H16N2O2.Au.ClH/c1-8(2)10(7-14)13-11(15)9-5-3-4-6-12-9;;/h3-6,8,10,14H,7H2,1-2H3,(H,13,15);;1H/q;+1;/p-2. The second kappa shape index (κ2) is 9.62. The van der Waals surface area contributed by atoms with Crippen LogP contribution in [0.1, 0.15) is 24.3 Å².